The predicted octanol–water partition coefficient (Wildman–Crippen LogP) is 4.13. The molecule has 5 nitrogen and oxygen atoms in total. The van der Waals surface area contributed by atoms with Gasteiger partial charge < -0.3 is 24.8 Å². The molecule has 0 aromatic heterocycles. The number of allylic oxidation sites excluding steroid dienone is 2. The Hall–Kier alpha value is -0.460. The van der Waals surface area contributed by atoms with E-state index in [0.717, 1.165) is 12.8 Å². The predicted molar refractivity (Wildman–Crippen MR) is 113 cm³/mol. The maximum atomic E-state index is 9.94. The van der Waals surface area contributed by atoms with Crippen LogP contribution in [0, 0.1) is 0 Å². The topological polar surface area (TPSA) is 79.2 Å². The van der Waals surface area contributed by atoms with Gasteiger partial charge in [0.15, 0.2) is 0 Å². The molecule has 0 saturated carbocycles. The Morgan fingerprint density at radius 2 is 1.46 bits per heavy atom. The third kappa shape index (κ3) is 12.2. The van der Waals surface area contributed by atoms with Crippen LogP contribution < -0.4 is 0 Å². The second-order valence-electron chi connectivity index (χ2n) is 8.08. The van der Waals surface area contributed by atoms with Crippen molar-refractivity contribution in [3.8, 4) is 0 Å². The minimum Gasteiger partial charge on any atom is -0.388 e. The van der Waals surface area contributed by atoms with Gasteiger partial charge in [0.05, 0.1) is 13.2 Å². The van der Waals surface area contributed by atoms with Crippen molar-refractivity contribution < 1.29 is 24.8 Å². The number of hydrogen-bond donors (Lipinski definition) is 3. The SMILES string of the molecule is CCCCCCCC/C=C/CCCCCCCOC[C@@H](O)[C@H]1OC[C@H](O)[C@H]1O. The van der Waals surface area contributed by atoms with Crippen molar-refractivity contribution in [2.75, 3.05) is 19.8 Å². The molecule has 0 amide bonds. The van der Waals surface area contributed by atoms with Gasteiger partial charge in [-0.1, -0.05) is 70.4 Å². The summed E-state index contributed by atoms with van der Waals surface area (Å²) in [5, 5.41) is 29.0. The number of rotatable bonds is 18. The van der Waals surface area contributed by atoms with Gasteiger partial charge in [-0.05, 0) is 32.1 Å². The molecular weight excluding hydrogens is 356 g/mol. The summed E-state index contributed by atoms with van der Waals surface area (Å²) in [7, 11) is 0. The van der Waals surface area contributed by atoms with Crippen molar-refractivity contribution in [1.29, 1.82) is 0 Å². The van der Waals surface area contributed by atoms with Crippen molar-refractivity contribution in [2.24, 2.45) is 0 Å². The largest absolute Gasteiger partial charge is 0.388 e. The minimum absolute atomic E-state index is 0.0666. The average Bonchev–Trinajstić information content (AvgIpc) is 3.03. The minimum atomic E-state index is -1.03. The van der Waals surface area contributed by atoms with Gasteiger partial charge in [-0.15, -0.1) is 0 Å². The van der Waals surface area contributed by atoms with E-state index in [2.05, 4.69) is 19.1 Å². The molecule has 5 heteroatoms. The molecule has 28 heavy (non-hydrogen) atoms. The normalized spacial score (nSPS) is 23.6. The van der Waals surface area contributed by atoms with E-state index in [4.69, 9.17) is 9.47 Å². The Bertz CT molecular complexity index is 374. The zero-order valence-electron chi connectivity index (χ0n) is 17.9. The highest BCUT2D eigenvalue weighted by Gasteiger charge is 2.39. The lowest BCUT2D eigenvalue weighted by Gasteiger charge is -2.20. The number of unbranched alkanes of at least 4 members (excludes halogenated alkanes) is 11. The quantitative estimate of drug-likeness (QED) is 0.238. The summed E-state index contributed by atoms with van der Waals surface area (Å²) < 4.78 is 10.7. The highest BCUT2D eigenvalue weighted by atomic mass is 16.5. The number of aliphatic hydroxyl groups excluding tert-OH is 3. The Balaban J connectivity index is 1.80. The molecule has 0 spiro atoms. The van der Waals surface area contributed by atoms with E-state index in [1.165, 1.54) is 70.6 Å². The van der Waals surface area contributed by atoms with E-state index >= 15 is 0 Å². The molecule has 0 bridgehead atoms. The fourth-order valence-electron chi connectivity index (χ4n) is 3.54. The molecule has 1 saturated heterocycles. The van der Waals surface area contributed by atoms with Crippen molar-refractivity contribution in [2.45, 2.75) is 115 Å². The first-order valence-electron chi connectivity index (χ1n) is 11.5. The molecule has 0 aliphatic carbocycles. The van der Waals surface area contributed by atoms with E-state index in [1.807, 2.05) is 0 Å². The van der Waals surface area contributed by atoms with Crippen LogP contribution in [0.3, 0.4) is 0 Å². The molecule has 4 atom stereocenters. The highest BCUT2D eigenvalue weighted by molar-refractivity contribution is 4.87. The molecule has 1 fully saturated rings. The van der Waals surface area contributed by atoms with Crippen LogP contribution in [0.5, 0.6) is 0 Å². The lowest BCUT2D eigenvalue weighted by Crippen LogP contribution is -2.40. The zero-order valence-corrected chi connectivity index (χ0v) is 17.9. The van der Waals surface area contributed by atoms with Crippen molar-refractivity contribution >= 4 is 0 Å². The summed E-state index contributed by atoms with van der Waals surface area (Å²) >= 11 is 0. The molecule has 1 aliphatic heterocycles. The third-order valence-electron chi connectivity index (χ3n) is 5.41. The number of aliphatic hydroxyl groups is 3. The van der Waals surface area contributed by atoms with E-state index in [0.29, 0.717) is 6.61 Å². The lowest BCUT2D eigenvalue weighted by atomic mass is 10.1. The molecule has 0 aromatic carbocycles. The fourth-order valence-corrected chi connectivity index (χ4v) is 3.54. The van der Waals surface area contributed by atoms with Crippen LogP contribution in [0.2, 0.25) is 0 Å². The molecule has 0 unspecified atom stereocenters. The van der Waals surface area contributed by atoms with E-state index in [1.54, 1.807) is 0 Å². The molecule has 1 rings (SSSR count). The molecule has 1 aliphatic rings. The summed E-state index contributed by atoms with van der Waals surface area (Å²) in [4.78, 5) is 0. The number of hydrogen-bond acceptors (Lipinski definition) is 5. The summed E-state index contributed by atoms with van der Waals surface area (Å²) in [5.74, 6) is 0. The molecule has 166 valence electrons. The van der Waals surface area contributed by atoms with Crippen LogP contribution in [-0.2, 0) is 9.47 Å². The summed E-state index contributed by atoms with van der Waals surface area (Å²) in [6.45, 7) is 3.07. The van der Waals surface area contributed by atoms with Gasteiger partial charge >= 0.3 is 0 Å². The summed E-state index contributed by atoms with van der Waals surface area (Å²) in [6.07, 6.45) is 17.6. The van der Waals surface area contributed by atoms with Crippen molar-refractivity contribution in [3.63, 3.8) is 0 Å². The second-order valence-corrected chi connectivity index (χ2v) is 8.08. The first-order chi connectivity index (χ1) is 13.7. The van der Waals surface area contributed by atoms with Gasteiger partial charge in [-0.3, -0.25) is 0 Å². The molecule has 0 radical (unpaired) electrons. The van der Waals surface area contributed by atoms with Crippen molar-refractivity contribution in [3.05, 3.63) is 12.2 Å². The Kier molecular flexibility index (Phi) is 15.9. The van der Waals surface area contributed by atoms with E-state index in [-0.39, 0.29) is 13.2 Å². The summed E-state index contributed by atoms with van der Waals surface area (Å²) in [6, 6.07) is 0. The lowest BCUT2D eigenvalue weighted by molar-refractivity contribution is -0.0813. The smallest absolute Gasteiger partial charge is 0.114 e. The third-order valence-corrected chi connectivity index (χ3v) is 5.41. The summed E-state index contributed by atoms with van der Waals surface area (Å²) in [5.41, 5.74) is 0. The Morgan fingerprint density at radius 1 is 0.893 bits per heavy atom. The average molecular weight is 401 g/mol. The number of ether oxygens (including phenoxy) is 2. The fraction of sp³-hybridized carbons (Fsp3) is 0.913. The second kappa shape index (κ2) is 17.4. The van der Waals surface area contributed by atoms with Crippen LogP contribution in [0.25, 0.3) is 0 Å². The zero-order chi connectivity index (χ0) is 20.5. The maximum Gasteiger partial charge on any atom is 0.114 e. The van der Waals surface area contributed by atoms with Crippen LogP contribution in [-0.4, -0.2) is 59.6 Å². The van der Waals surface area contributed by atoms with E-state index < -0.39 is 24.4 Å². The standard InChI is InChI=1S/C23H44O5/c1-2-3-4-5-6-7-8-9-10-11-12-13-14-15-16-17-27-18-21(25)23-22(26)20(24)19-28-23/h9-10,20-26H,2-8,11-19H2,1H3/b10-9+/t20-,21+,22+,23+/m0/s1. The van der Waals surface area contributed by atoms with Crippen LogP contribution in [0.15, 0.2) is 12.2 Å². The van der Waals surface area contributed by atoms with Gasteiger partial charge in [0.1, 0.15) is 24.4 Å². The van der Waals surface area contributed by atoms with Gasteiger partial charge in [-0.2, -0.15) is 0 Å². The van der Waals surface area contributed by atoms with E-state index in [9.17, 15) is 15.3 Å². The van der Waals surface area contributed by atoms with Gasteiger partial charge in [0, 0.05) is 6.61 Å². The molecular formula is C23H44O5. The highest BCUT2D eigenvalue weighted by Crippen LogP contribution is 2.18. The molecule has 3 N–H and O–H groups in total. The first-order valence-corrected chi connectivity index (χ1v) is 11.5. The van der Waals surface area contributed by atoms with Crippen LogP contribution in [0.1, 0.15) is 90.4 Å². The molecule has 0 aromatic rings. The van der Waals surface area contributed by atoms with Gasteiger partial charge in [0.25, 0.3) is 0 Å². The molecule has 1 heterocycles. The monoisotopic (exact) mass is 400 g/mol. The van der Waals surface area contributed by atoms with Gasteiger partial charge in [0.2, 0.25) is 0 Å². The van der Waals surface area contributed by atoms with Crippen molar-refractivity contribution in [1.82, 2.24) is 0 Å². The Morgan fingerprint density at radius 3 is 2.04 bits per heavy atom. The van der Waals surface area contributed by atoms with Crippen LogP contribution >= 0.6 is 0 Å². The Labute approximate surface area is 172 Å². The van der Waals surface area contributed by atoms with Crippen LogP contribution in [0.4, 0.5) is 0 Å². The maximum absolute atomic E-state index is 9.94. The first kappa shape index (κ1) is 25.6. The van der Waals surface area contributed by atoms with Gasteiger partial charge in [-0.25, -0.2) is 0 Å².